The van der Waals surface area contributed by atoms with Gasteiger partial charge in [-0.05, 0) is 18.8 Å². The SMILES string of the molecule is CC(CCO)COCCCS(=O)(=O)[O-].[Na+]. The van der Waals surface area contributed by atoms with E-state index in [1.54, 1.807) is 0 Å². The Bertz CT molecular complexity index is 229. The first-order valence-corrected chi connectivity index (χ1v) is 6.15. The molecule has 0 heterocycles. The molecule has 0 aromatic carbocycles. The third-order valence-electron chi connectivity index (χ3n) is 1.71. The predicted molar refractivity (Wildman–Crippen MR) is 50.9 cm³/mol. The van der Waals surface area contributed by atoms with Crippen molar-refractivity contribution in [3.8, 4) is 0 Å². The van der Waals surface area contributed by atoms with Crippen molar-refractivity contribution >= 4 is 10.1 Å². The summed E-state index contributed by atoms with van der Waals surface area (Å²) in [5.41, 5.74) is 0. The molecule has 0 spiro atoms. The molecule has 0 rings (SSSR count). The van der Waals surface area contributed by atoms with Crippen LogP contribution in [-0.4, -0.2) is 43.7 Å². The molecule has 7 heteroatoms. The Morgan fingerprint density at radius 1 is 1.47 bits per heavy atom. The minimum Gasteiger partial charge on any atom is -0.748 e. The van der Waals surface area contributed by atoms with Crippen molar-refractivity contribution in [1.82, 2.24) is 0 Å². The van der Waals surface area contributed by atoms with Gasteiger partial charge in [-0.2, -0.15) is 0 Å². The quantitative estimate of drug-likeness (QED) is 0.280. The molecule has 0 saturated heterocycles. The molecule has 1 unspecified atom stereocenters. The molecule has 86 valence electrons. The van der Waals surface area contributed by atoms with Crippen LogP contribution in [0.5, 0.6) is 0 Å². The second-order valence-corrected chi connectivity index (χ2v) is 4.83. The largest absolute Gasteiger partial charge is 1.00 e. The summed E-state index contributed by atoms with van der Waals surface area (Å²) < 4.78 is 35.7. The molecule has 0 aliphatic carbocycles. The van der Waals surface area contributed by atoms with E-state index in [0.717, 1.165) is 0 Å². The predicted octanol–water partition coefficient (Wildman–Crippen LogP) is -3.04. The molecule has 0 amide bonds. The number of aliphatic hydroxyl groups excluding tert-OH is 1. The summed E-state index contributed by atoms with van der Waals surface area (Å²) in [4.78, 5) is 0. The molecular formula is C8H17NaO5S. The average molecular weight is 248 g/mol. The van der Waals surface area contributed by atoms with Gasteiger partial charge in [0.05, 0.1) is 10.1 Å². The van der Waals surface area contributed by atoms with Crippen molar-refractivity contribution < 1.29 is 52.4 Å². The third-order valence-corrected chi connectivity index (χ3v) is 2.50. The zero-order chi connectivity index (χ0) is 11.0. The molecule has 0 saturated carbocycles. The van der Waals surface area contributed by atoms with Crippen LogP contribution in [0.1, 0.15) is 19.8 Å². The van der Waals surface area contributed by atoms with Gasteiger partial charge in [-0.25, -0.2) is 8.42 Å². The summed E-state index contributed by atoms with van der Waals surface area (Å²) in [6, 6.07) is 0. The van der Waals surface area contributed by atoms with E-state index >= 15 is 0 Å². The Morgan fingerprint density at radius 3 is 2.53 bits per heavy atom. The van der Waals surface area contributed by atoms with Gasteiger partial charge < -0.3 is 14.4 Å². The summed E-state index contributed by atoms with van der Waals surface area (Å²) in [5.74, 6) is -0.120. The number of ether oxygens (including phenoxy) is 1. The maximum Gasteiger partial charge on any atom is 1.00 e. The van der Waals surface area contributed by atoms with Crippen molar-refractivity contribution in [2.75, 3.05) is 25.6 Å². The van der Waals surface area contributed by atoms with Gasteiger partial charge in [0.1, 0.15) is 0 Å². The molecule has 15 heavy (non-hydrogen) atoms. The summed E-state index contributed by atoms with van der Waals surface area (Å²) in [6.45, 7) is 2.82. The third kappa shape index (κ3) is 14.8. The van der Waals surface area contributed by atoms with Crippen molar-refractivity contribution in [2.24, 2.45) is 5.92 Å². The average Bonchev–Trinajstić information content (AvgIpc) is 2.02. The van der Waals surface area contributed by atoms with E-state index in [4.69, 9.17) is 9.84 Å². The second kappa shape index (κ2) is 10.0. The van der Waals surface area contributed by atoms with Gasteiger partial charge in [-0.3, -0.25) is 0 Å². The van der Waals surface area contributed by atoms with Crippen LogP contribution in [0.3, 0.4) is 0 Å². The van der Waals surface area contributed by atoms with E-state index in [2.05, 4.69) is 0 Å². The van der Waals surface area contributed by atoms with E-state index in [1.165, 1.54) is 0 Å². The van der Waals surface area contributed by atoms with Gasteiger partial charge in [0.25, 0.3) is 0 Å². The minimum atomic E-state index is -4.11. The molecule has 0 bridgehead atoms. The molecule has 1 N–H and O–H groups in total. The number of aliphatic hydroxyl groups is 1. The Labute approximate surface area is 113 Å². The Balaban J connectivity index is 0. The normalized spacial score (nSPS) is 13.3. The zero-order valence-corrected chi connectivity index (χ0v) is 12.1. The number of rotatable bonds is 8. The molecule has 0 aromatic heterocycles. The molecule has 0 radical (unpaired) electrons. The summed E-state index contributed by atoms with van der Waals surface area (Å²) in [7, 11) is -4.11. The molecular weight excluding hydrogens is 231 g/mol. The standard InChI is InChI=1S/C8H18O5S.Na/c1-8(3-4-9)7-13-5-2-6-14(10,11)12;/h8-9H,2-7H2,1H3,(H,10,11,12);/q;+1/p-1. The van der Waals surface area contributed by atoms with Gasteiger partial charge in [0, 0.05) is 25.6 Å². The van der Waals surface area contributed by atoms with Crippen LogP contribution in [-0.2, 0) is 14.9 Å². The second-order valence-electron chi connectivity index (χ2n) is 3.31. The molecule has 1 atom stereocenters. The summed E-state index contributed by atoms with van der Waals surface area (Å²) in [5, 5.41) is 8.57. The van der Waals surface area contributed by atoms with Crippen LogP contribution in [0.4, 0.5) is 0 Å². The first-order valence-electron chi connectivity index (χ1n) is 4.58. The van der Waals surface area contributed by atoms with Gasteiger partial charge in [0.15, 0.2) is 0 Å². The van der Waals surface area contributed by atoms with Crippen molar-refractivity contribution in [3.05, 3.63) is 0 Å². The van der Waals surface area contributed by atoms with E-state index in [1.807, 2.05) is 6.92 Å². The van der Waals surface area contributed by atoms with Crippen LogP contribution in [0, 0.1) is 5.92 Å². The van der Waals surface area contributed by atoms with Gasteiger partial charge >= 0.3 is 29.6 Å². The summed E-state index contributed by atoms with van der Waals surface area (Å²) in [6.07, 6.45) is 0.900. The molecule has 5 nitrogen and oxygen atoms in total. The van der Waals surface area contributed by atoms with Crippen molar-refractivity contribution in [2.45, 2.75) is 19.8 Å². The Hall–Kier alpha value is 0.830. The van der Waals surface area contributed by atoms with E-state index < -0.39 is 10.1 Å². The Morgan fingerprint density at radius 2 is 2.07 bits per heavy atom. The van der Waals surface area contributed by atoms with E-state index in [-0.39, 0.29) is 60.9 Å². The van der Waals surface area contributed by atoms with Gasteiger partial charge in [-0.1, -0.05) is 6.92 Å². The maximum atomic E-state index is 10.2. The molecule has 0 fully saturated rings. The fraction of sp³-hybridized carbons (Fsp3) is 1.00. The fourth-order valence-corrected chi connectivity index (χ4v) is 1.40. The number of hydrogen-bond acceptors (Lipinski definition) is 5. The van der Waals surface area contributed by atoms with Crippen LogP contribution in [0.15, 0.2) is 0 Å². The van der Waals surface area contributed by atoms with Crippen molar-refractivity contribution in [3.63, 3.8) is 0 Å². The smallest absolute Gasteiger partial charge is 0.748 e. The maximum absolute atomic E-state index is 10.2. The van der Waals surface area contributed by atoms with Crippen LogP contribution in [0.25, 0.3) is 0 Å². The van der Waals surface area contributed by atoms with E-state index in [0.29, 0.717) is 13.0 Å². The first kappa shape index (κ1) is 18.2. The van der Waals surface area contributed by atoms with Gasteiger partial charge in [0.2, 0.25) is 0 Å². The molecule has 0 aliphatic rings. The van der Waals surface area contributed by atoms with Crippen molar-refractivity contribution in [1.29, 1.82) is 0 Å². The Kier molecular flexibility index (Phi) is 12.2. The minimum absolute atomic E-state index is 0. The molecule has 0 aromatic rings. The first-order chi connectivity index (χ1) is 6.45. The van der Waals surface area contributed by atoms with Crippen LogP contribution in [0.2, 0.25) is 0 Å². The summed E-state index contributed by atoms with van der Waals surface area (Å²) >= 11 is 0. The monoisotopic (exact) mass is 248 g/mol. The fourth-order valence-electron chi connectivity index (χ4n) is 0.926. The zero-order valence-electron chi connectivity index (χ0n) is 9.31. The van der Waals surface area contributed by atoms with Crippen LogP contribution < -0.4 is 29.6 Å². The number of hydrogen-bond donors (Lipinski definition) is 1. The van der Waals surface area contributed by atoms with Gasteiger partial charge in [-0.15, -0.1) is 0 Å². The van der Waals surface area contributed by atoms with Crippen LogP contribution >= 0.6 is 0 Å². The molecule has 0 aliphatic heterocycles. The van der Waals surface area contributed by atoms with E-state index in [9.17, 15) is 13.0 Å². The topological polar surface area (TPSA) is 86.7 Å².